The molecule has 0 amide bonds. The molecule has 1 rings (SSSR count). The van der Waals surface area contributed by atoms with Gasteiger partial charge in [0.2, 0.25) is 0 Å². The molecular formula is C15H29N3. The number of nitrogens with zero attached hydrogens (tertiary/aromatic N) is 2. The highest BCUT2D eigenvalue weighted by Gasteiger charge is 2.13. The first kappa shape index (κ1) is 15.2. The highest BCUT2D eigenvalue weighted by molar-refractivity contribution is 5.00. The zero-order valence-corrected chi connectivity index (χ0v) is 12.7. The van der Waals surface area contributed by atoms with Crippen LogP contribution in [-0.4, -0.2) is 15.1 Å². The number of nitrogens with one attached hydrogen (secondary N) is 1. The number of imidazole rings is 1. The molecule has 104 valence electrons. The smallest absolute Gasteiger partial charge is 0.0951 e. The van der Waals surface area contributed by atoms with Gasteiger partial charge in [-0.2, -0.15) is 0 Å². The van der Waals surface area contributed by atoms with Gasteiger partial charge in [0.05, 0.1) is 12.0 Å². The second kappa shape index (κ2) is 6.93. The van der Waals surface area contributed by atoms with Gasteiger partial charge in [0.15, 0.2) is 0 Å². The molecule has 1 unspecified atom stereocenters. The highest BCUT2D eigenvalue weighted by Crippen LogP contribution is 2.17. The predicted octanol–water partition coefficient (Wildman–Crippen LogP) is 3.91. The lowest BCUT2D eigenvalue weighted by Crippen LogP contribution is -2.35. The summed E-state index contributed by atoms with van der Waals surface area (Å²) in [6, 6.07) is 0.552. The van der Waals surface area contributed by atoms with Gasteiger partial charge < -0.3 is 9.88 Å². The van der Waals surface area contributed by atoms with Gasteiger partial charge in [0.1, 0.15) is 0 Å². The Hall–Kier alpha value is -0.830. The minimum Gasteiger partial charge on any atom is -0.331 e. The maximum Gasteiger partial charge on any atom is 0.0951 e. The van der Waals surface area contributed by atoms with Crippen LogP contribution in [-0.2, 0) is 6.54 Å². The summed E-state index contributed by atoms with van der Waals surface area (Å²) in [7, 11) is 0. The molecule has 0 aromatic carbocycles. The molecule has 1 aromatic rings. The van der Waals surface area contributed by atoms with Crippen molar-refractivity contribution in [1.82, 2.24) is 14.9 Å². The molecule has 0 aliphatic heterocycles. The Morgan fingerprint density at radius 3 is 2.67 bits per heavy atom. The van der Waals surface area contributed by atoms with Gasteiger partial charge in [0.25, 0.3) is 0 Å². The molecule has 0 aliphatic carbocycles. The van der Waals surface area contributed by atoms with Crippen molar-refractivity contribution in [1.29, 1.82) is 0 Å². The van der Waals surface area contributed by atoms with Crippen molar-refractivity contribution in [2.75, 3.05) is 0 Å². The molecule has 0 saturated heterocycles. The van der Waals surface area contributed by atoms with Crippen molar-refractivity contribution < 1.29 is 0 Å². The lowest BCUT2D eigenvalue weighted by Gasteiger charge is -2.22. The number of rotatable bonds is 7. The molecule has 3 heteroatoms. The topological polar surface area (TPSA) is 29.9 Å². The SMILES string of the molecule is CCCCCC(C)n1cncc1CNC(C)(C)C. The summed E-state index contributed by atoms with van der Waals surface area (Å²) >= 11 is 0. The zero-order chi connectivity index (χ0) is 13.6. The van der Waals surface area contributed by atoms with Gasteiger partial charge in [-0.1, -0.05) is 26.2 Å². The Morgan fingerprint density at radius 1 is 1.33 bits per heavy atom. The Balaban J connectivity index is 2.53. The van der Waals surface area contributed by atoms with Crippen LogP contribution in [0.2, 0.25) is 0 Å². The van der Waals surface area contributed by atoms with Crippen LogP contribution in [0.5, 0.6) is 0 Å². The summed E-state index contributed by atoms with van der Waals surface area (Å²) < 4.78 is 2.31. The predicted molar refractivity (Wildman–Crippen MR) is 77.7 cm³/mol. The van der Waals surface area contributed by atoms with Gasteiger partial charge in [0, 0.05) is 24.3 Å². The van der Waals surface area contributed by atoms with Gasteiger partial charge in [-0.15, -0.1) is 0 Å². The third-order valence-electron chi connectivity index (χ3n) is 3.25. The van der Waals surface area contributed by atoms with E-state index in [0.717, 1.165) is 6.54 Å². The van der Waals surface area contributed by atoms with Crippen LogP contribution in [0.3, 0.4) is 0 Å². The van der Waals surface area contributed by atoms with E-state index in [9.17, 15) is 0 Å². The molecule has 0 spiro atoms. The maximum absolute atomic E-state index is 4.30. The first-order valence-corrected chi connectivity index (χ1v) is 7.19. The molecule has 1 heterocycles. The summed E-state index contributed by atoms with van der Waals surface area (Å²) in [4.78, 5) is 4.30. The second-order valence-corrected chi connectivity index (χ2v) is 6.24. The van der Waals surface area contributed by atoms with Crippen LogP contribution >= 0.6 is 0 Å². The normalized spacial score (nSPS) is 13.8. The molecule has 0 radical (unpaired) electrons. The van der Waals surface area contributed by atoms with E-state index in [2.05, 4.69) is 49.5 Å². The Kier molecular flexibility index (Phi) is 5.86. The van der Waals surface area contributed by atoms with Crippen molar-refractivity contribution in [3.05, 3.63) is 18.2 Å². The van der Waals surface area contributed by atoms with E-state index < -0.39 is 0 Å². The van der Waals surface area contributed by atoms with Gasteiger partial charge in [-0.3, -0.25) is 0 Å². The highest BCUT2D eigenvalue weighted by atomic mass is 15.1. The fraction of sp³-hybridized carbons (Fsp3) is 0.800. The van der Waals surface area contributed by atoms with E-state index in [0.29, 0.717) is 6.04 Å². The molecule has 1 atom stereocenters. The third-order valence-corrected chi connectivity index (χ3v) is 3.25. The molecule has 0 saturated carbocycles. The fourth-order valence-corrected chi connectivity index (χ4v) is 2.05. The van der Waals surface area contributed by atoms with Crippen molar-refractivity contribution in [3.63, 3.8) is 0 Å². The standard InChI is InChI=1S/C15H29N3/c1-6-7-8-9-13(2)18-12-16-10-14(18)11-17-15(3,4)5/h10,12-13,17H,6-9,11H2,1-5H3. The van der Waals surface area contributed by atoms with Crippen LogP contribution in [0.1, 0.15) is 72.0 Å². The molecule has 1 N–H and O–H groups in total. The van der Waals surface area contributed by atoms with Crippen LogP contribution in [0, 0.1) is 0 Å². The summed E-state index contributed by atoms with van der Waals surface area (Å²) in [5.41, 5.74) is 1.44. The average molecular weight is 251 g/mol. The van der Waals surface area contributed by atoms with Crippen LogP contribution in [0.15, 0.2) is 12.5 Å². The van der Waals surface area contributed by atoms with Crippen molar-refractivity contribution in [2.45, 2.75) is 78.4 Å². The van der Waals surface area contributed by atoms with Crippen molar-refractivity contribution in [2.24, 2.45) is 0 Å². The van der Waals surface area contributed by atoms with E-state index in [1.54, 1.807) is 0 Å². The Labute approximate surface area is 112 Å². The lowest BCUT2D eigenvalue weighted by atomic mass is 10.1. The number of hydrogen-bond donors (Lipinski definition) is 1. The van der Waals surface area contributed by atoms with E-state index in [-0.39, 0.29) is 5.54 Å². The van der Waals surface area contributed by atoms with Crippen molar-refractivity contribution >= 4 is 0 Å². The number of unbranched alkanes of at least 4 members (excludes halogenated alkanes) is 2. The van der Waals surface area contributed by atoms with Crippen LogP contribution in [0.4, 0.5) is 0 Å². The summed E-state index contributed by atoms with van der Waals surface area (Å²) in [5.74, 6) is 0. The summed E-state index contributed by atoms with van der Waals surface area (Å²) in [6.45, 7) is 12.0. The largest absolute Gasteiger partial charge is 0.331 e. The van der Waals surface area contributed by atoms with Crippen LogP contribution < -0.4 is 5.32 Å². The minimum absolute atomic E-state index is 0.153. The molecule has 0 fully saturated rings. The lowest BCUT2D eigenvalue weighted by molar-refractivity contribution is 0.402. The van der Waals surface area contributed by atoms with Gasteiger partial charge >= 0.3 is 0 Å². The molecule has 18 heavy (non-hydrogen) atoms. The summed E-state index contributed by atoms with van der Waals surface area (Å²) in [5, 5.41) is 3.53. The molecule has 0 bridgehead atoms. The fourth-order valence-electron chi connectivity index (χ4n) is 2.05. The van der Waals surface area contributed by atoms with Gasteiger partial charge in [-0.05, 0) is 34.1 Å². The zero-order valence-electron chi connectivity index (χ0n) is 12.7. The second-order valence-electron chi connectivity index (χ2n) is 6.24. The number of hydrogen-bond acceptors (Lipinski definition) is 2. The summed E-state index contributed by atoms with van der Waals surface area (Å²) in [6.07, 6.45) is 9.11. The Morgan fingerprint density at radius 2 is 2.06 bits per heavy atom. The molecule has 1 aromatic heterocycles. The van der Waals surface area contributed by atoms with Crippen LogP contribution in [0.25, 0.3) is 0 Å². The van der Waals surface area contributed by atoms with E-state index >= 15 is 0 Å². The monoisotopic (exact) mass is 251 g/mol. The maximum atomic E-state index is 4.30. The van der Waals surface area contributed by atoms with E-state index in [1.807, 2.05) is 12.5 Å². The first-order chi connectivity index (χ1) is 8.44. The molecule has 3 nitrogen and oxygen atoms in total. The third kappa shape index (κ3) is 5.21. The minimum atomic E-state index is 0.153. The number of aromatic nitrogens is 2. The molecular weight excluding hydrogens is 222 g/mol. The van der Waals surface area contributed by atoms with E-state index in [4.69, 9.17) is 0 Å². The quantitative estimate of drug-likeness (QED) is 0.745. The molecule has 0 aliphatic rings. The first-order valence-electron chi connectivity index (χ1n) is 7.19. The Bertz CT molecular complexity index is 336. The van der Waals surface area contributed by atoms with Crippen molar-refractivity contribution in [3.8, 4) is 0 Å². The van der Waals surface area contributed by atoms with E-state index in [1.165, 1.54) is 31.4 Å². The van der Waals surface area contributed by atoms with Gasteiger partial charge in [-0.25, -0.2) is 4.98 Å². The average Bonchev–Trinajstić information content (AvgIpc) is 2.73.